The van der Waals surface area contributed by atoms with Gasteiger partial charge in [-0.1, -0.05) is 12.2 Å². The molecular formula is C14H19NO2. The van der Waals surface area contributed by atoms with Crippen molar-refractivity contribution in [3.05, 3.63) is 42.0 Å². The number of nitrogens with one attached hydrogen (secondary N) is 1. The third kappa shape index (κ3) is 5.31. The third-order valence-electron chi connectivity index (χ3n) is 2.22. The van der Waals surface area contributed by atoms with Crippen molar-refractivity contribution in [2.75, 3.05) is 25.1 Å². The van der Waals surface area contributed by atoms with Crippen LogP contribution < -0.4 is 5.32 Å². The van der Waals surface area contributed by atoms with Crippen LogP contribution in [0.25, 0.3) is 0 Å². The number of benzene rings is 1. The number of carbonyl (C=O) groups is 1. The number of Topliss-reactive ketones (excluding diaryl/α,β-unsaturated/α-hetero) is 1. The van der Waals surface area contributed by atoms with Crippen molar-refractivity contribution in [1.82, 2.24) is 0 Å². The Balaban J connectivity index is 2.27. The number of hydrogen-bond donors (Lipinski definition) is 1. The highest BCUT2D eigenvalue weighted by Gasteiger charge is 1.98. The molecule has 0 fully saturated rings. The predicted octanol–water partition coefficient (Wildman–Crippen LogP) is 2.89. The van der Waals surface area contributed by atoms with E-state index in [4.69, 9.17) is 4.74 Å². The van der Waals surface area contributed by atoms with E-state index in [0.29, 0.717) is 13.2 Å². The van der Waals surface area contributed by atoms with Gasteiger partial charge in [0.25, 0.3) is 0 Å². The van der Waals surface area contributed by atoms with Gasteiger partial charge in [0.15, 0.2) is 5.78 Å². The fraction of sp³-hybridized carbons (Fsp3) is 0.357. The van der Waals surface area contributed by atoms with E-state index in [1.54, 1.807) is 6.92 Å². The van der Waals surface area contributed by atoms with Gasteiger partial charge in [-0.2, -0.15) is 0 Å². The summed E-state index contributed by atoms with van der Waals surface area (Å²) in [6.45, 7) is 9.25. The summed E-state index contributed by atoms with van der Waals surface area (Å²) in [5, 5.41) is 3.22. The molecule has 0 aliphatic heterocycles. The highest BCUT2D eigenvalue weighted by atomic mass is 16.5. The Morgan fingerprint density at radius 2 is 1.94 bits per heavy atom. The average molecular weight is 233 g/mol. The lowest BCUT2D eigenvalue weighted by Crippen LogP contribution is -2.10. The van der Waals surface area contributed by atoms with Crippen LogP contribution in [0.5, 0.6) is 0 Å². The van der Waals surface area contributed by atoms with Crippen LogP contribution in [0.1, 0.15) is 24.2 Å². The Morgan fingerprint density at radius 1 is 1.29 bits per heavy atom. The monoisotopic (exact) mass is 233 g/mol. The van der Waals surface area contributed by atoms with Gasteiger partial charge in [-0.15, -0.1) is 0 Å². The van der Waals surface area contributed by atoms with E-state index in [2.05, 4.69) is 11.9 Å². The molecule has 3 nitrogen and oxygen atoms in total. The molecular weight excluding hydrogens is 214 g/mol. The first kappa shape index (κ1) is 13.5. The summed E-state index contributed by atoms with van der Waals surface area (Å²) in [6, 6.07) is 7.43. The van der Waals surface area contributed by atoms with E-state index in [9.17, 15) is 4.79 Å². The van der Waals surface area contributed by atoms with Gasteiger partial charge in [-0.25, -0.2) is 0 Å². The van der Waals surface area contributed by atoms with E-state index in [-0.39, 0.29) is 5.78 Å². The maximum absolute atomic E-state index is 11.1. The van der Waals surface area contributed by atoms with Gasteiger partial charge in [-0.3, -0.25) is 4.79 Å². The van der Waals surface area contributed by atoms with Gasteiger partial charge < -0.3 is 10.1 Å². The molecule has 1 aromatic carbocycles. The van der Waals surface area contributed by atoms with Gasteiger partial charge >= 0.3 is 0 Å². The molecule has 0 saturated carbocycles. The quantitative estimate of drug-likeness (QED) is 0.447. The molecule has 0 atom stereocenters. The van der Waals surface area contributed by atoms with Crippen molar-refractivity contribution >= 4 is 11.5 Å². The van der Waals surface area contributed by atoms with E-state index in [1.165, 1.54) is 0 Å². The summed E-state index contributed by atoms with van der Waals surface area (Å²) in [7, 11) is 0. The number of rotatable bonds is 7. The third-order valence-corrected chi connectivity index (χ3v) is 2.22. The first-order chi connectivity index (χ1) is 8.09. The molecule has 0 amide bonds. The second kappa shape index (κ2) is 6.86. The number of hydrogen-bond acceptors (Lipinski definition) is 3. The Kier molecular flexibility index (Phi) is 5.43. The van der Waals surface area contributed by atoms with Crippen molar-refractivity contribution < 1.29 is 9.53 Å². The minimum atomic E-state index is 0.0846. The smallest absolute Gasteiger partial charge is 0.159 e. The zero-order valence-corrected chi connectivity index (χ0v) is 10.5. The number of ether oxygens (including phenoxy) is 1. The van der Waals surface area contributed by atoms with Gasteiger partial charge in [-0.05, 0) is 38.1 Å². The van der Waals surface area contributed by atoms with Crippen LogP contribution in [0, 0.1) is 0 Å². The van der Waals surface area contributed by atoms with Gasteiger partial charge in [0.05, 0.1) is 13.2 Å². The van der Waals surface area contributed by atoms with Crippen LogP contribution >= 0.6 is 0 Å². The second-order valence-electron chi connectivity index (χ2n) is 4.07. The largest absolute Gasteiger partial charge is 0.383 e. The molecule has 0 saturated heterocycles. The Bertz CT molecular complexity index is 382. The van der Waals surface area contributed by atoms with Crippen molar-refractivity contribution in [2.45, 2.75) is 13.8 Å². The van der Waals surface area contributed by atoms with Crippen molar-refractivity contribution in [1.29, 1.82) is 0 Å². The second-order valence-corrected chi connectivity index (χ2v) is 4.07. The summed E-state index contributed by atoms with van der Waals surface area (Å²) in [4.78, 5) is 11.1. The zero-order valence-electron chi connectivity index (χ0n) is 10.5. The van der Waals surface area contributed by atoms with Gasteiger partial charge in [0, 0.05) is 17.8 Å². The van der Waals surface area contributed by atoms with Crippen LogP contribution in [-0.4, -0.2) is 25.5 Å². The summed E-state index contributed by atoms with van der Waals surface area (Å²) < 4.78 is 5.36. The van der Waals surface area contributed by atoms with E-state index < -0.39 is 0 Å². The molecule has 0 heterocycles. The van der Waals surface area contributed by atoms with Crippen LogP contribution in [0.15, 0.2) is 36.4 Å². The Morgan fingerprint density at radius 3 is 2.47 bits per heavy atom. The predicted molar refractivity (Wildman–Crippen MR) is 70.6 cm³/mol. The van der Waals surface area contributed by atoms with Crippen LogP contribution in [-0.2, 0) is 4.74 Å². The molecule has 0 radical (unpaired) electrons. The highest BCUT2D eigenvalue weighted by Crippen LogP contribution is 2.09. The molecule has 0 spiro atoms. The zero-order chi connectivity index (χ0) is 12.7. The summed E-state index contributed by atoms with van der Waals surface area (Å²) in [5.74, 6) is 0.0846. The molecule has 0 aromatic heterocycles. The normalized spacial score (nSPS) is 10.0. The van der Waals surface area contributed by atoms with Crippen LogP contribution in [0.4, 0.5) is 5.69 Å². The lowest BCUT2D eigenvalue weighted by atomic mass is 10.1. The first-order valence-electron chi connectivity index (χ1n) is 5.66. The number of ketones is 1. The summed E-state index contributed by atoms with van der Waals surface area (Å²) in [5.41, 5.74) is 2.75. The molecule has 92 valence electrons. The van der Waals surface area contributed by atoms with Gasteiger partial charge in [0.1, 0.15) is 0 Å². The maximum Gasteiger partial charge on any atom is 0.159 e. The average Bonchev–Trinajstić information content (AvgIpc) is 2.29. The minimum Gasteiger partial charge on any atom is -0.383 e. The fourth-order valence-electron chi connectivity index (χ4n) is 1.34. The van der Waals surface area contributed by atoms with Crippen LogP contribution in [0.3, 0.4) is 0 Å². The van der Waals surface area contributed by atoms with E-state index >= 15 is 0 Å². The SMILES string of the molecule is C=C(C)COCCNc1ccc(C(C)=O)cc1. The van der Waals surface area contributed by atoms with E-state index in [0.717, 1.165) is 23.4 Å². The van der Waals surface area contributed by atoms with Gasteiger partial charge in [0.2, 0.25) is 0 Å². The van der Waals surface area contributed by atoms with Crippen molar-refractivity contribution in [3.63, 3.8) is 0 Å². The highest BCUT2D eigenvalue weighted by molar-refractivity contribution is 5.94. The lowest BCUT2D eigenvalue weighted by Gasteiger charge is -2.07. The molecule has 0 unspecified atom stereocenters. The molecule has 0 aliphatic rings. The first-order valence-corrected chi connectivity index (χ1v) is 5.66. The number of anilines is 1. The fourth-order valence-corrected chi connectivity index (χ4v) is 1.34. The van der Waals surface area contributed by atoms with Crippen molar-refractivity contribution in [2.24, 2.45) is 0 Å². The Labute approximate surface area is 102 Å². The summed E-state index contributed by atoms with van der Waals surface area (Å²) >= 11 is 0. The maximum atomic E-state index is 11.1. The van der Waals surface area contributed by atoms with Crippen molar-refractivity contribution in [3.8, 4) is 0 Å². The van der Waals surface area contributed by atoms with Crippen LogP contribution in [0.2, 0.25) is 0 Å². The Hall–Kier alpha value is -1.61. The molecule has 0 bridgehead atoms. The molecule has 0 aliphatic carbocycles. The molecule has 1 aromatic rings. The molecule has 1 rings (SSSR count). The molecule has 3 heteroatoms. The van der Waals surface area contributed by atoms with E-state index in [1.807, 2.05) is 31.2 Å². The standard InChI is InChI=1S/C14H19NO2/c1-11(2)10-17-9-8-15-14-6-4-13(5-7-14)12(3)16/h4-7,15H,1,8-10H2,2-3H3. The number of carbonyl (C=O) groups excluding carboxylic acids is 1. The molecule has 1 N–H and O–H groups in total. The topological polar surface area (TPSA) is 38.3 Å². The minimum absolute atomic E-state index is 0.0846. The summed E-state index contributed by atoms with van der Waals surface area (Å²) in [6.07, 6.45) is 0. The lowest BCUT2D eigenvalue weighted by molar-refractivity contribution is 0.101. The molecule has 17 heavy (non-hydrogen) atoms.